The summed E-state index contributed by atoms with van der Waals surface area (Å²) in [5.41, 5.74) is 1.70. The molecule has 1 N–H and O–H groups in total. The fourth-order valence-corrected chi connectivity index (χ4v) is 3.99. The van der Waals surface area contributed by atoms with E-state index in [2.05, 4.69) is 20.1 Å². The van der Waals surface area contributed by atoms with E-state index in [-0.39, 0.29) is 5.91 Å². The van der Waals surface area contributed by atoms with Gasteiger partial charge in [0.15, 0.2) is 0 Å². The molecule has 6 heteroatoms. The lowest BCUT2D eigenvalue weighted by atomic mass is 10.0. The largest absolute Gasteiger partial charge is 0.341 e. The second-order valence-electron chi connectivity index (χ2n) is 7.09. The lowest BCUT2D eigenvalue weighted by Gasteiger charge is -2.36. The molecule has 25 heavy (non-hydrogen) atoms. The molecule has 132 valence electrons. The predicted octanol–water partition coefficient (Wildman–Crippen LogP) is 2.65. The zero-order valence-electron chi connectivity index (χ0n) is 14.7. The maximum atomic E-state index is 11.2. The number of benzene rings is 1. The van der Waals surface area contributed by atoms with Gasteiger partial charge in [0.25, 0.3) is 0 Å². The van der Waals surface area contributed by atoms with Crippen LogP contribution in [0.4, 0.5) is 11.6 Å². The molecule has 2 fully saturated rings. The van der Waals surface area contributed by atoms with Crippen LogP contribution in [0.3, 0.4) is 0 Å². The third kappa shape index (κ3) is 3.58. The van der Waals surface area contributed by atoms with E-state index in [1.54, 1.807) is 0 Å². The summed E-state index contributed by atoms with van der Waals surface area (Å²) in [4.78, 5) is 25.4. The number of aromatic nitrogens is 2. The van der Waals surface area contributed by atoms with E-state index in [4.69, 9.17) is 4.98 Å². The Morgan fingerprint density at radius 2 is 1.92 bits per heavy atom. The Kier molecular flexibility index (Phi) is 4.53. The number of piperidine rings is 1. The van der Waals surface area contributed by atoms with Crippen LogP contribution >= 0.6 is 0 Å². The number of amides is 1. The van der Waals surface area contributed by atoms with Crippen LogP contribution in [-0.2, 0) is 4.79 Å². The topological polar surface area (TPSA) is 61.4 Å². The summed E-state index contributed by atoms with van der Waals surface area (Å²) in [6.45, 7) is 6.10. The average molecular weight is 339 g/mol. The Balaban J connectivity index is 1.45. The molecule has 1 amide bonds. The molecule has 0 aliphatic carbocycles. The van der Waals surface area contributed by atoms with Gasteiger partial charge in [-0.2, -0.15) is 0 Å². The SMILES string of the molecule is CC(=O)Nc1ccc2nc(N3CCC(N4CCCC4)CC3)ncc2c1. The van der Waals surface area contributed by atoms with E-state index in [0.717, 1.165) is 41.7 Å². The Labute approximate surface area is 148 Å². The minimum atomic E-state index is -0.0715. The molecule has 0 bridgehead atoms. The Morgan fingerprint density at radius 1 is 1.16 bits per heavy atom. The van der Waals surface area contributed by atoms with Gasteiger partial charge in [-0.15, -0.1) is 0 Å². The molecule has 2 aliphatic rings. The summed E-state index contributed by atoms with van der Waals surface area (Å²) in [7, 11) is 0. The summed E-state index contributed by atoms with van der Waals surface area (Å²) < 4.78 is 0. The maximum Gasteiger partial charge on any atom is 0.225 e. The van der Waals surface area contributed by atoms with Gasteiger partial charge in [-0.3, -0.25) is 4.79 Å². The first-order chi connectivity index (χ1) is 12.2. The molecule has 0 spiro atoms. The molecular weight excluding hydrogens is 314 g/mol. The highest BCUT2D eigenvalue weighted by Gasteiger charge is 2.27. The highest BCUT2D eigenvalue weighted by Crippen LogP contribution is 2.25. The van der Waals surface area contributed by atoms with Crippen LogP contribution in [0.15, 0.2) is 24.4 Å². The summed E-state index contributed by atoms with van der Waals surface area (Å²) in [5.74, 6) is 0.748. The summed E-state index contributed by atoms with van der Waals surface area (Å²) in [5, 5.41) is 3.74. The standard InChI is InChI=1S/C19H25N5O/c1-14(25)21-16-4-5-18-15(12-16)13-20-19(22-18)24-10-6-17(7-11-24)23-8-2-3-9-23/h4-5,12-13,17H,2-3,6-11H2,1H3,(H,21,25). The molecule has 1 aromatic heterocycles. The van der Waals surface area contributed by atoms with Gasteiger partial charge in [-0.25, -0.2) is 9.97 Å². The number of hydrogen-bond donors (Lipinski definition) is 1. The Morgan fingerprint density at radius 3 is 2.64 bits per heavy atom. The minimum absolute atomic E-state index is 0.0715. The monoisotopic (exact) mass is 339 g/mol. The van der Waals surface area contributed by atoms with Crippen LogP contribution in [0.2, 0.25) is 0 Å². The van der Waals surface area contributed by atoms with Crippen LogP contribution in [-0.4, -0.2) is 53.0 Å². The van der Waals surface area contributed by atoms with Gasteiger partial charge in [0.1, 0.15) is 0 Å². The molecule has 2 aliphatic heterocycles. The third-order valence-electron chi connectivity index (χ3n) is 5.29. The van der Waals surface area contributed by atoms with Crippen molar-refractivity contribution in [2.45, 2.75) is 38.6 Å². The molecule has 3 heterocycles. The van der Waals surface area contributed by atoms with Crippen LogP contribution in [0.5, 0.6) is 0 Å². The van der Waals surface area contributed by atoms with Crippen LogP contribution in [0, 0.1) is 0 Å². The van der Waals surface area contributed by atoms with Crippen LogP contribution in [0.1, 0.15) is 32.6 Å². The molecule has 2 saturated heterocycles. The molecule has 0 saturated carbocycles. The highest BCUT2D eigenvalue weighted by atomic mass is 16.1. The number of fused-ring (bicyclic) bond motifs is 1. The van der Waals surface area contributed by atoms with Crippen LogP contribution < -0.4 is 10.2 Å². The van der Waals surface area contributed by atoms with Gasteiger partial charge in [0.2, 0.25) is 11.9 Å². The number of carbonyl (C=O) groups is 1. The van der Waals surface area contributed by atoms with E-state index >= 15 is 0 Å². The quantitative estimate of drug-likeness (QED) is 0.931. The molecular formula is C19H25N5O. The Bertz CT molecular complexity index is 763. The fourth-order valence-electron chi connectivity index (χ4n) is 3.99. The number of nitrogens with one attached hydrogen (secondary N) is 1. The summed E-state index contributed by atoms with van der Waals surface area (Å²) in [6.07, 6.45) is 6.96. The van der Waals surface area contributed by atoms with Gasteiger partial charge < -0.3 is 15.1 Å². The molecule has 1 aromatic carbocycles. The summed E-state index contributed by atoms with van der Waals surface area (Å²) in [6, 6.07) is 6.49. The fraction of sp³-hybridized carbons (Fsp3) is 0.526. The number of anilines is 2. The molecule has 6 nitrogen and oxygen atoms in total. The first kappa shape index (κ1) is 16.3. The predicted molar refractivity (Wildman–Crippen MR) is 99.9 cm³/mol. The van der Waals surface area contributed by atoms with E-state index < -0.39 is 0 Å². The van der Waals surface area contributed by atoms with Gasteiger partial charge in [-0.05, 0) is 57.0 Å². The van der Waals surface area contributed by atoms with Gasteiger partial charge in [-0.1, -0.05) is 0 Å². The Hall–Kier alpha value is -2.21. The van der Waals surface area contributed by atoms with Crippen molar-refractivity contribution >= 4 is 28.4 Å². The second kappa shape index (κ2) is 6.96. The number of hydrogen-bond acceptors (Lipinski definition) is 5. The number of rotatable bonds is 3. The van der Waals surface area contributed by atoms with Crippen molar-refractivity contribution in [1.82, 2.24) is 14.9 Å². The second-order valence-corrected chi connectivity index (χ2v) is 7.09. The molecule has 0 unspecified atom stereocenters. The molecule has 0 radical (unpaired) electrons. The zero-order chi connectivity index (χ0) is 17.2. The number of nitrogens with zero attached hydrogens (tertiary/aromatic N) is 4. The lowest BCUT2D eigenvalue weighted by Crippen LogP contribution is -2.44. The molecule has 2 aromatic rings. The van der Waals surface area contributed by atoms with Crippen molar-refractivity contribution in [1.29, 1.82) is 0 Å². The smallest absolute Gasteiger partial charge is 0.225 e. The van der Waals surface area contributed by atoms with Crippen molar-refractivity contribution in [3.8, 4) is 0 Å². The van der Waals surface area contributed by atoms with Crippen molar-refractivity contribution < 1.29 is 4.79 Å². The van der Waals surface area contributed by atoms with E-state index in [0.29, 0.717) is 0 Å². The number of likely N-dealkylation sites (tertiary alicyclic amines) is 1. The van der Waals surface area contributed by atoms with Crippen LogP contribution in [0.25, 0.3) is 10.9 Å². The first-order valence-electron chi connectivity index (χ1n) is 9.22. The van der Waals surface area contributed by atoms with E-state index in [1.807, 2.05) is 24.4 Å². The zero-order valence-corrected chi connectivity index (χ0v) is 14.7. The molecule has 0 atom stereocenters. The minimum Gasteiger partial charge on any atom is -0.341 e. The van der Waals surface area contributed by atoms with Crippen molar-refractivity contribution in [3.63, 3.8) is 0 Å². The normalized spacial score (nSPS) is 19.5. The average Bonchev–Trinajstić information content (AvgIpc) is 3.15. The van der Waals surface area contributed by atoms with E-state index in [9.17, 15) is 4.79 Å². The van der Waals surface area contributed by atoms with Gasteiger partial charge in [0, 0.05) is 43.3 Å². The van der Waals surface area contributed by atoms with Crippen molar-refractivity contribution in [2.75, 3.05) is 36.4 Å². The summed E-state index contributed by atoms with van der Waals surface area (Å²) >= 11 is 0. The number of carbonyl (C=O) groups excluding carboxylic acids is 1. The highest BCUT2D eigenvalue weighted by molar-refractivity contribution is 5.92. The van der Waals surface area contributed by atoms with Crippen molar-refractivity contribution in [2.24, 2.45) is 0 Å². The molecule has 4 rings (SSSR count). The first-order valence-corrected chi connectivity index (χ1v) is 9.22. The van der Waals surface area contributed by atoms with E-state index in [1.165, 1.54) is 45.7 Å². The maximum absolute atomic E-state index is 11.2. The van der Waals surface area contributed by atoms with Gasteiger partial charge in [0.05, 0.1) is 5.52 Å². The third-order valence-corrected chi connectivity index (χ3v) is 5.29. The van der Waals surface area contributed by atoms with Crippen molar-refractivity contribution in [3.05, 3.63) is 24.4 Å². The van der Waals surface area contributed by atoms with Gasteiger partial charge >= 0.3 is 0 Å². The lowest BCUT2D eigenvalue weighted by molar-refractivity contribution is -0.114.